The lowest BCUT2D eigenvalue weighted by atomic mass is 10.0. The zero-order valence-corrected chi connectivity index (χ0v) is 26.2. The number of benzene rings is 2. The van der Waals surface area contributed by atoms with Gasteiger partial charge in [0.25, 0.3) is 11.8 Å². The third kappa shape index (κ3) is 5.16. The molecule has 2 aromatic rings. The maximum atomic E-state index is 13.4. The molecule has 1 N–H and O–H groups in total. The van der Waals surface area contributed by atoms with Gasteiger partial charge in [0.2, 0.25) is 0 Å². The highest BCUT2D eigenvalue weighted by molar-refractivity contribution is 6.04. The number of nitrogens with zero attached hydrogens (tertiary/aromatic N) is 3. The number of ether oxygens (including phenoxy) is 4. The molecular weight excluding hydrogens is 572 g/mol. The van der Waals surface area contributed by atoms with Gasteiger partial charge in [-0.1, -0.05) is 0 Å². The van der Waals surface area contributed by atoms with Crippen LogP contribution in [0.1, 0.15) is 78.5 Å². The number of hydrogen-bond donors (Lipinski definition) is 1. The van der Waals surface area contributed by atoms with E-state index in [1.807, 2.05) is 29.3 Å². The molecule has 4 fully saturated rings. The summed E-state index contributed by atoms with van der Waals surface area (Å²) in [5, 5.41) is 3.51. The van der Waals surface area contributed by atoms with Crippen molar-refractivity contribution in [3.8, 4) is 23.0 Å². The highest BCUT2D eigenvalue weighted by Gasteiger charge is 2.54. The van der Waals surface area contributed by atoms with E-state index in [1.54, 1.807) is 20.3 Å². The quantitative estimate of drug-likeness (QED) is 0.355. The Labute approximate surface area is 264 Å². The van der Waals surface area contributed by atoms with Crippen molar-refractivity contribution < 1.29 is 28.5 Å². The summed E-state index contributed by atoms with van der Waals surface area (Å²) in [5.41, 5.74) is 3.39. The monoisotopic (exact) mass is 614 g/mol. The van der Waals surface area contributed by atoms with Gasteiger partial charge in [-0.3, -0.25) is 14.6 Å². The Kier molecular flexibility index (Phi) is 6.87. The molecule has 6 aliphatic rings. The number of amides is 2. The van der Waals surface area contributed by atoms with E-state index in [2.05, 4.69) is 10.2 Å². The SMILES string of the molecule is COc1cc2c(cc1OCCCCCOc1cc3c(cc1OC)C(=O)N1CC4(CC4)CC1CN3)N=C[C@@H]1CC3(CC3)CN1C2=O. The summed E-state index contributed by atoms with van der Waals surface area (Å²) in [7, 11) is 3.21. The van der Waals surface area contributed by atoms with Crippen LogP contribution in [0, 0.1) is 10.8 Å². The molecule has 2 saturated heterocycles. The summed E-state index contributed by atoms with van der Waals surface area (Å²) in [6.07, 6.45) is 11.5. The highest BCUT2D eigenvalue weighted by atomic mass is 16.5. The number of methoxy groups -OCH3 is 2. The number of unbranched alkanes of at least 4 members (excludes halogenated alkanes) is 2. The predicted molar refractivity (Wildman–Crippen MR) is 170 cm³/mol. The second-order valence-corrected chi connectivity index (χ2v) is 14.0. The van der Waals surface area contributed by atoms with E-state index in [9.17, 15) is 9.59 Å². The molecule has 2 spiro atoms. The van der Waals surface area contributed by atoms with Gasteiger partial charge in [0, 0.05) is 44.0 Å². The molecule has 0 bridgehead atoms. The van der Waals surface area contributed by atoms with Crippen molar-refractivity contribution >= 4 is 29.4 Å². The number of nitrogens with one attached hydrogen (secondary N) is 1. The van der Waals surface area contributed by atoms with Crippen molar-refractivity contribution in [1.29, 1.82) is 0 Å². The second kappa shape index (κ2) is 10.8. The molecule has 45 heavy (non-hydrogen) atoms. The lowest BCUT2D eigenvalue weighted by molar-refractivity contribution is 0.0741. The topological polar surface area (TPSA) is 102 Å². The predicted octanol–water partition coefficient (Wildman–Crippen LogP) is 5.46. The number of carbonyl (C=O) groups is 2. The summed E-state index contributed by atoms with van der Waals surface area (Å²) < 4.78 is 23.5. The summed E-state index contributed by atoms with van der Waals surface area (Å²) >= 11 is 0. The molecule has 0 aromatic heterocycles. The van der Waals surface area contributed by atoms with E-state index in [1.165, 1.54) is 25.7 Å². The third-order valence-electron chi connectivity index (χ3n) is 10.9. The van der Waals surface area contributed by atoms with Crippen LogP contribution in [0.5, 0.6) is 23.0 Å². The number of hydrogen-bond acceptors (Lipinski definition) is 8. The van der Waals surface area contributed by atoms with Crippen LogP contribution in [-0.4, -0.2) is 87.0 Å². The van der Waals surface area contributed by atoms with E-state index < -0.39 is 0 Å². The smallest absolute Gasteiger partial charge is 0.256 e. The average Bonchev–Trinajstić information content (AvgIpc) is 3.93. The van der Waals surface area contributed by atoms with E-state index in [0.717, 1.165) is 57.4 Å². The lowest BCUT2D eigenvalue weighted by Crippen LogP contribution is -2.37. The minimum absolute atomic E-state index is 0.0291. The second-order valence-electron chi connectivity index (χ2n) is 14.0. The first-order valence-electron chi connectivity index (χ1n) is 16.5. The van der Waals surface area contributed by atoms with Crippen molar-refractivity contribution in [3.63, 3.8) is 0 Å². The van der Waals surface area contributed by atoms with Gasteiger partial charge in [0.05, 0.1) is 56.0 Å². The van der Waals surface area contributed by atoms with Crippen LogP contribution >= 0.6 is 0 Å². The van der Waals surface area contributed by atoms with Gasteiger partial charge in [0.1, 0.15) is 0 Å². The van der Waals surface area contributed by atoms with Crippen LogP contribution in [0.4, 0.5) is 11.4 Å². The van der Waals surface area contributed by atoms with Gasteiger partial charge in [0.15, 0.2) is 23.0 Å². The Morgan fingerprint density at radius 1 is 0.778 bits per heavy atom. The Hall–Kier alpha value is -3.95. The fraction of sp³-hybridized carbons (Fsp3) is 0.571. The largest absolute Gasteiger partial charge is 0.493 e. The first-order chi connectivity index (χ1) is 21.9. The number of rotatable bonds is 10. The molecule has 0 radical (unpaired) electrons. The number of carbonyl (C=O) groups excluding carboxylic acids is 2. The summed E-state index contributed by atoms with van der Waals surface area (Å²) in [5.74, 6) is 2.49. The summed E-state index contributed by atoms with van der Waals surface area (Å²) in [6, 6.07) is 7.67. The van der Waals surface area contributed by atoms with Crippen molar-refractivity contribution in [2.45, 2.75) is 69.9 Å². The molecule has 2 aromatic carbocycles. The molecule has 4 heterocycles. The van der Waals surface area contributed by atoms with E-state index in [4.69, 9.17) is 23.9 Å². The summed E-state index contributed by atoms with van der Waals surface area (Å²) in [4.78, 5) is 35.6. The number of aliphatic imine (C=N–C) groups is 1. The van der Waals surface area contributed by atoms with Crippen LogP contribution in [0.2, 0.25) is 0 Å². The lowest BCUT2D eigenvalue weighted by Gasteiger charge is -2.21. The van der Waals surface area contributed by atoms with Crippen LogP contribution in [0.15, 0.2) is 29.3 Å². The number of anilines is 1. The van der Waals surface area contributed by atoms with E-state index in [-0.39, 0.29) is 23.9 Å². The first kappa shape index (κ1) is 28.5. The minimum Gasteiger partial charge on any atom is -0.493 e. The van der Waals surface area contributed by atoms with Crippen molar-refractivity contribution in [2.24, 2.45) is 15.8 Å². The molecule has 8 rings (SSSR count). The third-order valence-corrected chi connectivity index (χ3v) is 10.9. The van der Waals surface area contributed by atoms with E-state index >= 15 is 0 Å². The molecule has 238 valence electrons. The zero-order valence-electron chi connectivity index (χ0n) is 26.2. The fourth-order valence-corrected chi connectivity index (χ4v) is 7.82. The van der Waals surface area contributed by atoms with Gasteiger partial charge >= 0.3 is 0 Å². The first-order valence-corrected chi connectivity index (χ1v) is 16.5. The summed E-state index contributed by atoms with van der Waals surface area (Å²) in [6.45, 7) is 3.50. The minimum atomic E-state index is 0.0291. The standard InChI is InChI=1S/C35H42N4O6/c1-42-28-12-24-26(36-18-22-16-34(6-7-34)20-38(22)32(24)40)14-30(28)44-10-4-3-5-11-45-31-15-27-25(13-29(31)43-2)33(41)39-21-35(8-9-35)17-23(39)19-37-27/h12-15,18,22-23,37H,3-11,16-17,19-21H2,1-2H3/t22-,23?/m0/s1. The number of fused-ring (bicyclic) bond motifs is 4. The Morgan fingerprint density at radius 2 is 1.40 bits per heavy atom. The zero-order chi connectivity index (χ0) is 30.8. The average molecular weight is 615 g/mol. The fourth-order valence-electron chi connectivity index (χ4n) is 7.82. The van der Waals surface area contributed by atoms with Crippen molar-refractivity contribution in [3.05, 3.63) is 35.4 Å². The van der Waals surface area contributed by atoms with Gasteiger partial charge in [-0.05, 0) is 80.8 Å². The van der Waals surface area contributed by atoms with Gasteiger partial charge in [-0.2, -0.15) is 0 Å². The molecule has 1 unspecified atom stereocenters. The Balaban J connectivity index is 0.842. The molecule has 4 aliphatic heterocycles. The van der Waals surface area contributed by atoms with Gasteiger partial charge in [-0.15, -0.1) is 0 Å². The molecule has 10 heteroatoms. The van der Waals surface area contributed by atoms with E-state index in [0.29, 0.717) is 63.9 Å². The van der Waals surface area contributed by atoms with Crippen LogP contribution in [0.3, 0.4) is 0 Å². The Morgan fingerprint density at radius 3 is 2.09 bits per heavy atom. The van der Waals surface area contributed by atoms with Crippen molar-refractivity contribution in [1.82, 2.24) is 9.80 Å². The molecule has 2 atom stereocenters. The molecule has 2 saturated carbocycles. The molecular formula is C35H42N4O6. The van der Waals surface area contributed by atoms with Crippen LogP contribution in [0.25, 0.3) is 0 Å². The molecule has 2 aliphatic carbocycles. The maximum Gasteiger partial charge on any atom is 0.256 e. The highest BCUT2D eigenvalue weighted by Crippen LogP contribution is 2.56. The molecule has 2 amide bonds. The van der Waals surface area contributed by atoms with Crippen LogP contribution in [-0.2, 0) is 0 Å². The van der Waals surface area contributed by atoms with Crippen LogP contribution < -0.4 is 24.3 Å². The normalized spacial score (nSPS) is 24.3. The van der Waals surface area contributed by atoms with Gasteiger partial charge < -0.3 is 34.1 Å². The Bertz CT molecular complexity index is 1560. The van der Waals surface area contributed by atoms with Crippen molar-refractivity contribution in [2.75, 3.05) is 52.4 Å². The molecule has 10 nitrogen and oxygen atoms in total. The van der Waals surface area contributed by atoms with Gasteiger partial charge in [-0.25, -0.2) is 0 Å². The maximum absolute atomic E-state index is 13.4.